The second kappa shape index (κ2) is 10.2. The summed E-state index contributed by atoms with van der Waals surface area (Å²) in [7, 11) is 0. The molecule has 0 bridgehead atoms. The number of carbonyl (C=O) groups is 2. The van der Waals surface area contributed by atoms with Crippen LogP contribution in [0.2, 0.25) is 10.0 Å². The largest absolute Gasteiger partial charge is 0.435 e. The Kier molecular flexibility index (Phi) is 7.35. The van der Waals surface area contributed by atoms with Gasteiger partial charge < -0.3 is 10.6 Å². The van der Waals surface area contributed by atoms with Crippen molar-refractivity contribution >= 4 is 59.7 Å². The molecule has 2 heterocycles. The molecule has 0 atom stereocenters. The van der Waals surface area contributed by atoms with Crippen LogP contribution in [0.15, 0.2) is 35.5 Å². The molecular formula is C25H21Cl2F3N6O2. The first-order valence-electron chi connectivity index (χ1n) is 11.3. The van der Waals surface area contributed by atoms with Gasteiger partial charge in [0.2, 0.25) is 0 Å². The van der Waals surface area contributed by atoms with Crippen LogP contribution in [0, 0.1) is 0 Å². The number of benzene rings is 1. The molecule has 3 aromatic rings. The fourth-order valence-corrected chi connectivity index (χ4v) is 4.16. The van der Waals surface area contributed by atoms with E-state index < -0.39 is 34.9 Å². The molecule has 8 nitrogen and oxygen atoms in total. The topological polar surface area (TPSA) is 101 Å². The first-order valence-corrected chi connectivity index (χ1v) is 12.0. The maximum Gasteiger partial charge on any atom is 0.435 e. The lowest BCUT2D eigenvalue weighted by Gasteiger charge is -2.17. The number of nitrogens with one attached hydrogen (secondary N) is 2. The van der Waals surface area contributed by atoms with Crippen molar-refractivity contribution in [2.75, 3.05) is 5.32 Å². The summed E-state index contributed by atoms with van der Waals surface area (Å²) in [6.45, 7) is 7.02. The molecule has 0 unspecified atom stereocenters. The molecule has 1 aromatic carbocycles. The number of aromatic nitrogens is 3. The van der Waals surface area contributed by atoms with Gasteiger partial charge in [-0.15, -0.1) is 0 Å². The van der Waals surface area contributed by atoms with Gasteiger partial charge in [0.25, 0.3) is 11.8 Å². The highest BCUT2D eigenvalue weighted by Crippen LogP contribution is 2.35. The number of pyridine rings is 1. The molecule has 2 N–H and O–H groups in total. The molecule has 2 aromatic heterocycles. The van der Waals surface area contributed by atoms with Crippen molar-refractivity contribution in [3.8, 4) is 5.82 Å². The average Bonchev–Trinajstić information content (AvgIpc) is 3.39. The SMILES string of the molecule is C=N/C=c1/c(Cl)c(NC(=O)c2cc(C(F)(F)F)nn2-c2ncccc2Cl)c(C(=O)NC2(C)CC2)c/c1=C/C. The van der Waals surface area contributed by atoms with Crippen molar-refractivity contribution in [1.82, 2.24) is 20.1 Å². The van der Waals surface area contributed by atoms with Gasteiger partial charge in [-0.05, 0) is 56.8 Å². The van der Waals surface area contributed by atoms with Gasteiger partial charge in [0.15, 0.2) is 11.5 Å². The molecule has 1 saturated carbocycles. The van der Waals surface area contributed by atoms with Crippen LogP contribution in [0.5, 0.6) is 0 Å². The first-order chi connectivity index (χ1) is 17.9. The van der Waals surface area contributed by atoms with Crippen molar-refractivity contribution in [2.45, 2.75) is 38.4 Å². The third kappa shape index (κ3) is 5.44. The monoisotopic (exact) mass is 564 g/mol. The van der Waals surface area contributed by atoms with E-state index in [9.17, 15) is 22.8 Å². The lowest BCUT2D eigenvalue weighted by Crippen LogP contribution is -2.37. The summed E-state index contributed by atoms with van der Waals surface area (Å²) in [6, 6.07) is 4.94. The van der Waals surface area contributed by atoms with Gasteiger partial charge in [0, 0.05) is 29.2 Å². The van der Waals surface area contributed by atoms with Crippen molar-refractivity contribution in [1.29, 1.82) is 0 Å². The molecule has 4 rings (SSSR count). The van der Waals surface area contributed by atoms with E-state index in [1.54, 1.807) is 13.0 Å². The summed E-state index contributed by atoms with van der Waals surface area (Å²) in [5.41, 5.74) is -2.37. The summed E-state index contributed by atoms with van der Waals surface area (Å²) >= 11 is 12.8. The van der Waals surface area contributed by atoms with Crippen LogP contribution in [-0.2, 0) is 6.18 Å². The van der Waals surface area contributed by atoms with Crippen LogP contribution in [0.25, 0.3) is 18.1 Å². The minimum atomic E-state index is -4.86. The highest BCUT2D eigenvalue weighted by Gasteiger charge is 2.40. The predicted molar refractivity (Wildman–Crippen MR) is 139 cm³/mol. The number of hydrogen-bond donors (Lipinski definition) is 2. The quantitative estimate of drug-likeness (QED) is 0.434. The van der Waals surface area contributed by atoms with Crippen molar-refractivity contribution in [3.05, 3.63) is 67.9 Å². The Labute approximate surface area is 224 Å². The van der Waals surface area contributed by atoms with Crippen molar-refractivity contribution in [3.63, 3.8) is 0 Å². The van der Waals surface area contributed by atoms with Gasteiger partial charge in [-0.1, -0.05) is 29.3 Å². The zero-order valence-corrected chi connectivity index (χ0v) is 21.7. The maximum atomic E-state index is 13.5. The molecule has 1 aliphatic carbocycles. The number of aliphatic imine (C=N–C) groups is 1. The summed E-state index contributed by atoms with van der Waals surface area (Å²) in [4.78, 5) is 34.4. The van der Waals surface area contributed by atoms with Gasteiger partial charge in [-0.2, -0.15) is 18.3 Å². The number of anilines is 1. The Hall–Kier alpha value is -3.70. The van der Waals surface area contributed by atoms with E-state index in [0.29, 0.717) is 21.2 Å². The number of carbonyl (C=O) groups excluding carboxylic acids is 2. The minimum absolute atomic E-state index is 0.0174. The maximum absolute atomic E-state index is 13.5. The highest BCUT2D eigenvalue weighted by atomic mass is 35.5. The molecule has 1 aliphatic rings. The van der Waals surface area contributed by atoms with E-state index in [1.807, 2.05) is 6.92 Å². The lowest BCUT2D eigenvalue weighted by molar-refractivity contribution is -0.141. The lowest BCUT2D eigenvalue weighted by atomic mass is 10.1. The number of hydrogen-bond acceptors (Lipinski definition) is 5. The summed E-state index contributed by atoms with van der Waals surface area (Å²) < 4.78 is 41.3. The number of halogens is 5. The molecule has 0 radical (unpaired) electrons. The molecule has 198 valence electrons. The number of nitrogens with zero attached hydrogens (tertiary/aromatic N) is 4. The van der Waals surface area contributed by atoms with Crippen LogP contribution in [0.4, 0.5) is 18.9 Å². The van der Waals surface area contributed by atoms with Gasteiger partial charge in [-0.25, -0.2) is 9.67 Å². The van der Waals surface area contributed by atoms with E-state index in [4.69, 9.17) is 23.2 Å². The molecule has 2 amide bonds. The molecule has 1 fully saturated rings. The Balaban J connectivity index is 1.88. The Morgan fingerprint density at radius 1 is 1.24 bits per heavy atom. The van der Waals surface area contributed by atoms with Gasteiger partial charge in [-0.3, -0.25) is 14.6 Å². The smallest absolute Gasteiger partial charge is 0.347 e. The average molecular weight is 565 g/mol. The van der Waals surface area contributed by atoms with E-state index in [1.165, 1.54) is 30.6 Å². The molecule has 13 heteroatoms. The summed E-state index contributed by atoms with van der Waals surface area (Å²) in [5.74, 6) is -1.74. The van der Waals surface area contributed by atoms with E-state index in [0.717, 1.165) is 12.8 Å². The molecule has 0 aliphatic heterocycles. The third-order valence-corrected chi connectivity index (χ3v) is 6.63. The third-order valence-electron chi connectivity index (χ3n) is 5.94. The second-order valence-corrected chi connectivity index (χ2v) is 9.60. The normalized spacial score (nSPS) is 15.3. The summed E-state index contributed by atoms with van der Waals surface area (Å²) in [5, 5.41) is 9.72. The first kappa shape index (κ1) is 27.3. The van der Waals surface area contributed by atoms with Gasteiger partial charge >= 0.3 is 6.18 Å². The van der Waals surface area contributed by atoms with Crippen molar-refractivity contribution < 1.29 is 22.8 Å². The fraction of sp³-hybridized carbons (Fsp3) is 0.240. The van der Waals surface area contributed by atoms with E-state index in [2.05, 4.69) is 32.4 Å². The summed E-state index contributed by atoms with van der Waals surface area (Å²) in [6.07, 6.45) is 1.02. The highest BCUT2D eigenvalue weighted by molar-refractivity contribution is 6.35. The fourth-order valence-electron chi connectivity index (χ4n) is 3.66. The molecule has 38 heavy (non-hydrogen) atoms. The van der Waals surface area contributed by atoms with Crippen LogP contribution in [0.1, 0.15) is 53.2 Å². The van der Waals surface area contributed by atoms with Gasteiger partial charge in [0.1, 0.15) is 5.69 Å². The molecule has 0 spiro atoms. The Morgan fingerprint density at radius 2 is 1.95 bits per heavy atom. The van der Waals surface area contributed by atoms with E-state index >= 15 is 0 Å². The van der Waals surface area contributed by atoms with Crippen LogP contribution in [0.3, 0.4) is 0 Å². The number of amides is 2. The minimum Gasteiger partial charge on any atom is -0.347 e. The van der Waals surface area contributed by atoms with Crippen LogP contribution < -0.4 is 21.1 Å². The zero-order valence-electron chi connectivity index (χ0n) is 20.2. The predicted octanol–water partition coefficient (Wildman–Crippen LogP) is 4.37. The molecular weight excluding hydrogens is 544 g/mol. The van der Waals surface area contributed by atoms with E-state index in [-0.39, 0.29) is 27.1 Å². The van der Waals surface area contributed by atoms with Gasteiger partial charge in [0.05, 0.1) is 21.3 Å². The number of alkyl halides is 3. The standard InChI is InChI=1S/C25H21Cl2F3N6O2/c1-4-13-10-14(22(37)34-24(2)7-8-24)20(19(27)15(13)12-31-3)33-23(38)17-11-18(25(28,29)30)35-36(17)21-16(26)6-5-9-32-21/h4-6,9-12H,3,7-8H2,1-2H3,(H,33,38)(H,34,37)/b13-4-,15-12+. The van der Waals surface area contributed by atoms with Crippen molar-refractivity contribution in [2.24, 2.45) is 4.99 Å². The Morgan fingerprint density at radius 3 is 2.53 bits per heavy atom. The Bertz CT molecular complexity index is 1580. The van der Waals surface area contributed by atoms with Crippen LogP contribution in [-0.4, -0.2) is 38.8 Å². The number of rotatable bonds is 6. The molecule has 0 saturated heterocycles. The zero-order chi connectivity index (χ0) is 27.8. The second-order valence-electron chi connectivity index (χ2n) is 8.82. The van der Waals surface area contributed by atoms with Crippen LogP contribution >= 0.6 is 23.2 Å².